The quantitative estimate of drug-likeness (QED) is 0.724. The van der Waals surface area contributed by atoms with Gasteiger partial charge in [0.15, 0.2) is 0 Å². The highest BCUT2D eigenvalue weighted by molar-refractivity contribution is 7.55. The summed E-state index contributed by atoms with van der Waals surface area (Å²) in [6.45, 7) is 0. The number of hydrogen-bond donors (Lipinski definition) is 1. The summed E-state index contributed by atoms with van der Waals surface area (Å²) in [6, 6.07) is 26.2. The van der Waals surface area contributed by atoms with Crippen LogP contribution in [0.4, 0.5) is 0 Å². The van der Waals surface area contributed by atoms with Crippen molar-refractivity contribution in [2.75, 3.05) is 0 Å². The van der Waals surface area contributed by atoms with Gasteiger partial charge in [-0.05, 0) is 22.2 Å². The number of para-hydroxylation sites is 1. The van der Waals surface area contributed by atoms with E-state index in [1.54, 1.807) is 6.07 Å². The van der Waals surface area contributed by atoms with Crippen LogP contribution in [0.2, 0.25) is 0 Å². The van der Waals surface area contributed by atoms with Crippen LogP contribution in [0.5, 0.6) is 5.75 Å². The number of benzene rings is 3. The molecule has 3 rings (SSSR count). The van der Waals surface area contributed by atoms with Crippen molar-refractivity contribution >= 4 is 19.2 Å². The molecule has 98 valence electrons. The molecule has 0 saturated carbocycles. The fraction of sp³-hybridized carbons (Fsp3) is 0. The van der Waals surface area contributed by atoms with Gasteiger partial charge in [-0.1, -0.05) is 81.4 Å². The summed E-state index contributed by atoms with van der Waals surface area (Å²) >= 11 is 0. The maximum absolute atomic E-state index is 10.1. The molecular weight excluding hydrogens is 263 g/mol. The van der Waals surface area contributed by atoms with E-state index in [4.69, 9.17) is 0 Å². The van der Waals surface area contributed by atoms with Gasteiger partial charge in [-0.15, -0.1) is 0 Å². The molecule has 3 aromatic carbocycles. The third-order valence-electron chi connectivity index (χ3n) is 3.17. The number of phenolic OH excluding ortho intramolecular Hbond substituents is 1. The second-order valence-electron chi connectivity index (χ2n) is 4.55. The summed E-state index contributed by atoms with van der Waals surface area (Å²) in [6.07, 6.45) is 0. The molecule has 0 aliphatic rings. The van der Waals surface area contributed by atoms with E-state index in [9.17, 15) is 5.11 Å². The Morgan fingerprint density at radius 3 is 1.95 bits per heavy atom. The topological polar surface area (TPSA) is 20.2 Å². The Morgan fingerprint density at radius 2 is 1.20 bits per heavy atom. The highest BCUT2D eigenvalue weighted by Gasteiger charge is 2.08. The molecule has 0 bridgehead atoms. The zero-order chi connectivity index (χ0) is 13.8. The molecule has 1 N–H and O–H groups in total. The Balaban J connectivity index is 2.03. The third kappa shape index (κ3) is 2.74. The first-order valence-corrected chi connectivity index (χ1v) is 7.54. The molecule has 0 fully saturated rings. The molecule has 0 saturated heterocycles. The van der Waals surface area contributed by atoms with E-state index in [1.807, 2.05) is 30.3 Å². The van der Waals surface area contributed by atoms with Gasteiger partial charge in [0.1, 0.15) is 5.75 Å². The number of aromatic hydroxyl groups is 1. The number of rotatable bonds is 3. The van der Waals surface area contributed by atoms with Crippen LogP contribution < -0.4 is 10.6 Å². The van der Waals surface area contributed by atoms with Crippen molar-refractivity contribution < 1.29 is 5.11 Å². The zero-order valence-electron chi connectivity index (χ0n) is 11.0. The van der Waals surface area contributed by atoms with Gasteiger partial charge in [0, 0.05) is 5.56 Å². The second kappa shape index (κ2) is 5.90. The van der Waals surface area contributed by atoms with Crippen LogP contribution in [0.1, 0.15) is 0 Å². The molecular formula is C18H15OP. The van der Waals surface area contributed by atoms with Crippen LogP contribution in [-0.4, -0.2) is 5.11 Å². The van der Waals surface area contributed by atoms with Crippen LogP contribution in [0.3, 0.4) is 0 Å². The standard InChI is InChI=1S/C18H15OP/c19-17-12-6-4-10-15(17)16-11-5-7-13-18(16)20-14-8-2-1-3-9-14/h1-13,19-20H. The summed E-state index contributed by atoms with van der Waals surface area (Å²) in [4.78, 5) is 0. The Bertz CT molecular complexity index is 707. The molecule has 1 atom stereocenters. The molecule has 0 amide bonds. The van der Waals surface area contributed by atoms with E-state index >= 15 is 0 Å². The average molecular weight is 278 g/mol. The van der Waals surface area contributed by atoms with E-state index in [-0.39, 0.29) is 0 Å². The van der Waals surface area contributed by atoms with Gasteiger partial charge in [-0.2, -0.15) is 0 Å². The second-order valence-corrected chi connectivity index (χ2v) is 5.92. The molecule has 0 heterocycles. The molecule has 0 aliphatic heterocycles. The minimum Gasteiger partial charge on any atom is -0.507 e. The Labute approximate surface area is 120 Å². The van der Waals surface area contributed by atoms with Gasteiger partial charge in [0.2, 0.25) is 0 Å². The molecule has 2 heteroatoms. The van der Waals surface area contributed by atoms with Crippen LogP contribution in [0.15, 0.2) is 78.9 Å². The Morgan fingerprint density at radius 1 is 0.600 bits per heavy atom. The monoisotopic (exact) mass is 278 g/mol. The SMILES string of the molecule is Oc1ccccc1-c1ccccc1Pc1ccccc1. The Kier molecular flexibility index (Phi) is 3.80. The van der Waals surface area contributed by atoms with E-state index in [0.717, 1.165) is 11.1 Å². The van der Waals surface area contributed by atoms with Crippen LogP contribution in [0, 0.1) is 0 Å². The summed E-state index contributed by atoms with van der Waals surface area (Å²) < 4.78 is 0. The molecule has 1 nitrogen and oxygen atoms in total. The number of phenols is 1. The molecule has 0 aromatic heterocycles. The molecule has 0 radical (unpaired) electrons. The normalized spacial score (nSPS) is 11.0. The minimum atomic E-state index is 0.331. The van der Waals surface area contributed by atoms with Crippen molar-refractivity contribution in [2.45, 2.75) is 0 Å². The first kappa shape index (κ1) is 12.9. The lowest BCUT2D eigenvalue weighted by atomic mass is 10.0. The highest BCUT2D eigenvalue weighted by atomic mass is 31.1. The Hall–Kier alpha value is -2.11. The van der Waals surface area contributed by atoms with E-state index < -0.39 is 0 Å². The van der Waals surface area contributed by atoms with Crippen molar-refractivity contribution in [3.63, 3.8) is 0 Å². The summed E-state index contributed by atoms with van der Waals surface area (Å²) in [5.41, 5.74) is 2.00. The van der Waals surface area contributed by atoms with Gasteiger partial charge >= 0.3 is 0 Å². The van der Waals surface area contributed by atoms with Crippen molar-refractivity contribution in [3.8, 4) is 16.9 Å². The van der Waals surface area contributed by atoms with Gasteiger partial charge in [-0.3, -0.25) is 0 Å². The summed E-state index contributed by atoms with van der Waals surface area (Å²) in [7, 11) is 0.586. The lowest BCUT2D eigenvalue weighted by Gasteiger charge is -2.11. The molecule has 1 unspecified atom stereocenters. The predicted octanol–water partition coefficient (Wildman–Crippen LogP) is 3.69. The first-order valence-electron chi connectivity index (χ1n) is 6.54. The summed E-state index contributed by atoms with van der Waals surface area (Å²) in [5.74, 6) is 0.331. The van der Waals surface area contributed by atoms with E-state index in [1.165, 1.54) is 10.6 Å². The predicted molar refractivity (Wildman–Crippen MR) is 87.6 cm³/mol. The van der Waals surface area contributed by atoms with E-state index in [2.05, 4.69) is 42.5 Å². The lowest BCUT2D eigenvalue weighted by Crippen LogP contribution is -2.05. The fourth-order valence-electron chi connectivity index (χ4n) is 2.21. The van der Waals surface area contributed by atoms with Crippen LogP contribution in [-0.2, 0) is 0 Å². The largest absolute Gasteiger partial charge is 0.507 e. The lowest BCUT2D eigenvalue weighted by molar-refractivity contribution is 0.477. The van der Waals surface area contributed by atoms with Crippen molar-refractivity contribution in [1.82, 2.24) is 0 Å². The number of hydrogen-bond acceptors (Lipinski definition) is 1. The summed E-state index contributed by atoms with van der Waals surface area (Å²) in [5, 5.41) is 12.6. The molecule has 3 aromatic rings. The molecule has 0 spiro atoms. The van der Waals surface area contributed by atoms with Gasteiger partial charge in [0.25, 0.3) is 0 Å². The van der Waals surface area contributed by atoms with Gasteiger partial charge in [-0.25, -0.2) is 0 Å². The van der Waals surface area contributed by atoms with Gasteiger partial charge < -0.3 is 5.11 Å². The molecule has 20 heavy (non-hydrogen) atoms. The fourth-order valence-corrected chi connectivity index (χ4v) is 3.41. The van der Waals surface area contributed by atoms with Crippen LogP contribution in [0.25, 0.3) is 11.1 Å². The maximum atomic E-state index is 10.1. The van der Waals surface area contributed by atoms with Crippen molar-refractivity contribution in [2.24, 2.45) is 0 Å². The maximum Gasteiger partial charge on any atom is 0.123 e. The average Bonchev–Trinajstić information content (AvgIpc) is 2.50. The highest BCUT2D eigenvalue weighted by Crippen LogP contribution is 2.30. The van der Waals surface area contributed by atoms with Crippen LogP contribution >= 0.6 is 8.58 Å². The van der Waals surface area contributed by atoms with Crippen molar-refractivity contribution in [3.05, 3.63) is 78.9 Å². The van der Waals surface area contributed by atoms with E-state index in [0.29, 0.717) is 14.3 Å². The molecule has 0 aliphatic carbocycles. The first-order chi connectivity index (χ1) is 9.84. The minimum absolute atomic E-state index is 0.331. The zero-order valence-corrected chi connectivity index (χ0v) is 12.0. The van der Waals surface area contributed by atoms with Crippen molar-refractivity contribution in [1.29, 1.82) is 0 Å². The third-order valence-corrected chi connectivity index (χ3v) is 4.50. The smallest absolute Gasteiger partial charge is 0.123 e. The van der Waals surface area contributed by atoms with Gasteiger partial charge in [0.05, 0.1) is 0 Å².